The highest BCUT2D eigenvalue weighted by Gasteiger charge is 2.32. The second-order valence-electron chi connectivity index (χ2n) is 4.09. The van der Waals surface area contributed by atoms with Crippen molar-refractivity contribution in [3.05, 3.63) is 23.4 Å². The molecule has 3 N–H and O–H groups in total. The van der Waals surface area contributed by atoms with Crippen molar-refractivity contribution < 1.29 is 0 Å². The molecule has 1 unspecified atom stereocenters. The lowest BCUT2D eigenvalue weighted by molar-refractivity contribution is 0.529. The summed E-state index contributed by atoms with van der Waals surface area (Å²) in [4.78, 5) is 4.20. The number of hydrogen-bond donors (Lipinski definition) is 2. The minimum absolute atomic E-state index is 0.391. The highest BCUT2D eigenvalue weighted by atomic mass is 14.9. The van der Waals surface area contributed by atoms with Crippen LogP contribution in [0, 0.1) is 12.8 Å². The molecule has 1 aliphatic rings. The number of nitrogen functional groups attached to an aromatic ring is 1. The van der Waals surface area contributed by atoms with Gasteiger partial charge in [0.1, 0.15) is 5.82 Å². The van der Waals surface area contributed by atoms with Crippen LogP contribution in [0.2, 0.25) is 0 Å². The van der Waals surface area contributed by atoms with E-state index < -0.39 is 0 Å². The van der Waals surface area contributed by atoms with Crippen LogP contribution in [-0.2, 0) is 0 Å². The predicted octanol–water partition coefficient (Wildman–Crippen LogP) is 1.64. The Morgan fingerprint density at radius 1 is 1.57 bits per heavy atom. The maximum atomic E-state index is 5.88. The van der Waals surface area contributed by atoms with E-state index in [1.165, 1.54) is 18.4 Å². The Morgan fingerprint density at radius 2 is 2.29 bits per heavy atom. The maximum Gasteiger partial charge on any atom is 0.128 e. The Labute approximate surface area is 84.7 Å². The van der Waals surface area contributed by atoms with Gasteiger partial charge in [0.05, 0.1) is 0 Å². The molecular formula is C11H17N3. The number of nitrogens with zero attached hydrogens (tertiary/aromatic N) is 1. The van der Waals surface area contributed by atoms with E-state index in [2.05, 4.69) is 23.3 Å². The van der Waals surface area contributed by atoms with Crippen molar-refractivity contribution in [1.82, 2.24) is 10.3 Å². The second kappa shape index (κ2) is 3.58. The first kappa shape index (κ1) is 9.46. The highest BCUT2D eigenvalue weighted by Crippen LogP contribution is 2.42. The van der Waals surface area contributed by atoms with Gasteiger partial charge in [0.2, 0.25) is 0 Å². The molecule has 0 aliphatic heterocycles. The van der Waals surface area contributed by atoms with Gasteiger partial charge in [-0.15, -0.1) is 0 Å². The summed E-state index contributed by atoms with van der Waals surface area (Å²) < 4.78 is 0. The number of hydrogen-bond acceptors (Lipinski definition) is 3. The van der Waals surface area contributed by atoms with Crippen LogP contribution in [0.1, 0.15) is 30.0 Å². The van der Waals surface area contributed by atoms with Crippen molar-refractivity contribution in [1.29, 1.82) is 0 Å². The predicted molar refractivity (Wildman–Crippen MR) is 57.9 cm³/mol. The molecule has 0 amide bonds. The lowest BCUT2D eigenvalue weighted by Gasteiger charge is -2.17. The van der Waals surface area contributed by atoms with Crippen LogP contribution in [0.25, 0.3) is 0 Å². The molecule has 0 aromatic carbocycles. The van der Waals surface area contributed by atoms with Gasteiger partial charge < -0.3 is 11.1 Å². The molecule has 1 heterocycles. The van der Waals surface area contributed by atoms with Gasteiger partial charge in [-0.1, -0.05) is 0 Å². The Bertz CT molecular complexity index is 331. The molecule has 3 nitrogen and oxygen atoms in total. The van der Waals surface area contributed by atoms with Crippen LogP contribution in [0.4, 0.5) is 5.82 Å². The fourth-order valence-electron chi connectivity index (χ4n) is 1.93. The van der Waals surface area contributed by atoms with Gasteiger partial charge in [-0.3, -0.25) is 0 Å². The van der Waals surface area contributed by atoms with Gasteiger partial charge in [0.25, 0.3) is 0 Å². The number of pyridine rings is 1. The molecule has 0 bridgehead atoms. The van der Waals surface area contributed by atoms with Crippen molar-refractivity contribution in [2.24, 2.45) is 5.92 Å². The van der Waals surface area contributed by atoms with Crippen LogP contribution in [0.3, 0.4) is 0 Å². The SMILES string of the molecule is CNC(c1cc(C)cnc1N)C1CC1. The standard InChI is InChI=1S/C11H17N3/c1-7-5-9(11(12)14-6-7)10(13-2)8-3-4-8/h5-6,8,10,13H,3-4H2,1-2H3,(H2,12,14). The Kier molecular flexibility index (Phi) is 2.42. The maximum absolute atomic E-state index is 5.88. The molecule has 0 spiro atoms. The number of rotatable bonds is 3. The quantitative estimate of drug-likeness (QED) is 0.763. The number of aromatic nitrogens is 1. The summed E-state index contributed by atoms with van der Waals surface area (Å²) in [6, 6.07) is 2.53. The number of aryl methyl sites for hydroxylation is 1. The van der Waals surface area contributed by atoms with Crippen LogP contribution in [0.15, 0.2) is 12.3 Å². The van der Waals surface area contributed by atoms with E-state index in [1.54, 1.807) is 0 Å². The van der Waals surface area contributed by atoms with Gasteiger partial charge in [-0.2, -0.15) is 0 Å². The lowest BCUT2D eigenvalue weighted by atomic mass is 10.0. The summed E-state index contributed by atoms with van der Waals surface area (Å²) in [5.41, 5.74) is 8.22. The average molecular weight is 191 g/mol. The fraction of sp³-hybridized carbons (Fsp3) is 0.545. The van der Waals surface area contributed by atoms with Gasteiger partial charge in [0.15, 0.2) is 0 Å². The van der Waals surface area contributed by atoms with E-state index >= 15 is 0 Å². The molecule has 0 saturated heterocycles. The van der Waals surface area contributed by atoms with Crippen molar-refractivity contribution in [3.8, 4) is 0 Å². The van der Waals surface area contributed by atoms with Crippen molar-refractivity contribution >= 4 is 5.82 Å². The highest BCUT2D eigenvalue weighted by molar-refractivity contribution is 5.43. The first-order chi connectivity index (χ1) is 6.72. The molecule has 1 aromatic heterocycles. The van der Waals surface area contributed by atoms with E-state index in [9.17, 15) is 0 Å². The summed E-state index contributed by atoms with van der Waals surface area (Å²) in [5, 5.41) is 3.33. The van der Waals surface area contributed by atoms with E-state index in [-0.39, 0.29) is 0 Å². The van der Waals surface area contributed by atoms with Gasteiger partial charge >= 0.3 is 0 Å². The lowest BCUT2D eigenvalue weighted by Crippen LogP contribution is -2.20. The molecule has 1 aromatic rings. The van der Waals surface area contributed by atoms with Crippen molar-refractivity contribution in [2.45, 2.75) is 25.8 Å². The number of anilines is 1. The topological polar surface area (TPSA) is 50.9 Å². The molecule has 76 valence electrons. The van der Waals surface area contributed by atoms with Gasteiger partial charge in [-0.05, 0) is 44.4 Å². The smallest absolute Gasteiger partial charge is 0.128 e. The van der Waals surface area contributed by atoms with Gasteiger partial charge in [-0.25, -0.2) is 4.98 Å². The Balaban J connectivity index is 2.32. The summed E-state index contributed by atoms with van der Waals surface area (Å²) in [7, 11) is 1.99. The third kappa shape index (κ3) is 1.73. The molecule has 14 heavy (non-hydrogen) atoms. The monoisotopic (exact) mass is 191 g/mol. The van der Waals surface area contributed by atoms with Gasteiger partial charge in [0, 0.05) is 17.8 Å². The molecule has 2 rings (SSSR count). The molecule has 1 saturated carbocycles. The van der Waals surface area contributed by atoms with Crippen molar-refractivity contribution in [3.63, 3.8) is 0 Å². The zero-order chi connectivity index (χ0) is 10.1. The van der Waals surface area contributed by atoms with E-state index in [4.69, 9.17) is 5.73 Å². The fourth-order valence-corrected chi connectivity index (χ4v) is 1.93. The normalized spacial score (nSPS) is 18.1. The molecule has 3 heteroatoms. The van der Waals surface area contributed by atoms with E-state index in [0.717, 1.165) is 11.5 Å². The zero-order valence-corrected chi connectivity index (χ0v) is 8.75. The Hall–Kier alpha value is -1.09. The number of nitrogens with one attached hydrogen (secondary N) is 1. The van der Waals surface area contributed by atoms with E-state index in [0.29, 0.717) is 11.9 Å². The first-order valence-electron chi connectivity index (χ1n) is 5.11. The summed E-state index contributed by atoms with van der Waals surface area (Å²) >= 11 is 0. The first-order valence-corrected chi connectivity index (χ1v) is 5.11. The summed E-state index contributed by atoms with van der Waals surface area (Å²) in [6.45, 7) is 2.05. The third-order valence-electron chi connectivity index (χ3n) is 2.83. The van der Waals surface area contributed by atoms with Crippen LogP contribution < -0.4 is 11.1 Å². The average Bonchev–Trinajstić information content (AvgIpc) is 2.96. The minimum Gasteiger partial charge on any atom is -0.383 e. The molecule has 1 aliphatic carbocycles. The Morgan fingerprint density at radius 3 is 2.86 bits per heavy atom. The second-order valence-corrected chi connectivity index (χ2v) is 4.09. The van der Waals surface area contributed by atoms with Crippen molar-refractivity contribution in [2.75, 3.05) is 12.8 Å². The third-order valence-corrected chi connectivity index (χ3v) is 2.83. The largest absolute Gasteiger partial charge is 0.383 e. The minimum atomic E-state index is 0.391. The zero-order valence-electron chi connectivity index (χ0n) is 8.75. The summed E-state index contributed by atoms with van der Waals surface area (Å²) in [5.74, 6) is 1.42. The molecule has 1 fully saturated rings. The van der Waals surface area contributed by atoms with Crippen LogP contribution in [0.5, 0.6) is 0 Å². The van der Waals surface area contributed by atoms with E-state index in [1.807, 2.05) is 13.2 Å². The number of nitrogens with two attached hydrogens (primary N) is 1. The summed E-state index contributed by atoms with van der Waals surface area (Å²) in [6.07, 6.45) is 4.43. The molecule has 1 atom stereocenters. The molecule has 0 radical (unpaired) electrons. The molecular weight excluding hydrogens is 174 g/mol. The van der Waals surface area contributed by atoms with Crippen LogP contribution in [-0.4, -0.2) is 12.0 Å². The van der Waals surface area contributed by atoms with Crippen LogP contribution >= 0.6 is 0 Å².